The topological polar surface area (TPSA) is 0 Å². The molecule has 344 valence electrons. The summed E-state index contributed by atoms with van der Waals surface area (Å²) in [5.74, 6) is 0. The minimum Gasteiger partial charge on any atom is -0.326 e. The van der Waals surface area contributed by atoms with Crippen molar-refractivity contribution < 1.29 is 4.48 Å². The molecule has 0 aliphatic heterocycles. The van der Waals surface area contributed by atoms with Gasteiger partial charge in [0.15, 0.2) is 0 Å². The molecule has 1 heteroatoms. The van der Waals surface area contributed by atoms with Crippen LogP contribution < -0.4 is 0 Å². The van der Waals surface area contributed by atoms with Crippen LogP contribution in [0.4, 0.5) is 0 Å². The number of allylic oxidation sites excluding steroid dienone is 12. The lowest BCUT2D eigenvalue weighted by Crippen LogP contribution is -2.49. The molecule has 0 fully saturated rings. The van der Waals surface area contributed by atoms with Crippen molar-refractivity contribution in [2.45, 2.75) is 277 Å². The van der Waals surface area contributed by atoms with Gasteiger partial charge in [-0.2, -0.15) is 0 Å². The molecule has 0 aromatic heterocycles. The standard InChI is InChI=1S/C58H108N/c1-6-9-12-15-18-21-24-27-30-33-36-39-42-45-48-51-54-57-59(4,5)58(55-52-49-46-43-40-37-34-31-28-25-22-19-16-13-10-7-2)56-53-50-47-44-41-38-35-32-29-26-23-20-17-14-11-8-3/h18-23,27-32,58H,6-17,24-26,33-57H2,1-5H3/q+1/b21-18-,22-19-,23-20-,30-27-,31-28-,32-29-. The van der Waals surface area contributed by atoms with Gasteiger partial charge in [-0.05, 0) is 135 Å². The molecule has 0 aromatic carbocycles. The van der Waals surface area contributed by atoms with Crippen molar-refractivity contribution in [1.82, 2.24) is 0 Å². The first-order chi connectivity index (χ1) is 29.1. The Kier molecular flexibility index (Phi) is 47.7. The smallest absolute Gasteiger partial charge is 0.0886 e. The second-order valence-corrected chi connectivity index (χ2v) is 18.8. The van der Waals surface area contributed by atoms with Crippen molar-refractivity contribution in [1.29, 1.82) is 0 Å². The van der Waals surface area contributed by atoms with Gasteiger partial charge in [-0.15, -0.1) is 0 Å². The summed E-state index contributed by atoms with van der Waals surface area (Å²) in [5, 5.41) is 0. The van der Waals surface area contributed by atoms with Gasteiger partial charge >= 0.3 is 0 Å². The van der Waals surface area contributed by atoms with E-state index >= 15 is 0 Å². The Labute approximate surface area is 373 Å². The van der Waals surface area contributed by atoms with Crippen LogP contribution in [-0.2, 0) is 0 Å². The summed E-state index contributed by atoms with van der Waals surface area (Å²) < 4.78 is 1.25. The highest BCUT2D eigenvalue weighted by Gasteiger charge is 2.26. The molecule has 0 saturated heterocycles. The first kappa shape index (κ1) is 57.4. The average molecular weight is 820 g/mol. The number of hydrogen-bond donors (Lipinski definition) is 0. The van der Waals surface area contributed by atoms with Crippen LogP contribution in [0.2, 0.25) is 0 Å². The van der Waals surface area contributed by atoms with E-state index in [9.17, 15) is 0 Å². The lowest BCUT2D eigenvalue weighted by molar-refractivity contribution is -0.916. The van der Waals surface area contributed by atoms with Gasteiger partial charge in [0.05, 0.1) is 26.7 Å². The lowest BCUT2D eigenvalue weighted by atomic mass is 9.97. The van der Waals surface area contributed by atoms with E-state index < -0.39 is 0 Å². The van der Waals surface area contributed by atoms with Gasteiger partial charge in [0.25, 0.3) is 0 Å². The minimum atomic E-state index is 0.844. The van der Waals surface area contributed by atoms with Crippen LogP contribution in [0.25, 0.3) is 0 Å². The second kappa shape index (κ2) is 49.1. The molecule has 59 heavy (non-hydrogen) atoms. The zero-order valence-corrected chi connectivity index (χ0v) is 41.2. The Morgan fingerprint density at radius 3 is 0.797 bits per heavy atom. The fraction of sp³-hybridized carbons (Fsp3) is 0.793. The predicted molar refractivity (Wildman–Crippen MR) is 273 cm³/mol. The highest BCUT2D eigenvalue weighted by molar-refractivity contribution is 4.94. The molecule has 0 amide bonds. The van der Waals surface area contributed by atoms with Crippen molar-refractivity contribution in [3.63, 3.8) is 0 Å². The summed E-state index contributed by atoms with van der Waals surface area (Å²) in [6.07, 6.45) is 81.4. The zero-order chi connectivity index (χ0) is 42.8. The number of unbranched alkanes of at least 4 members (excludes halogenated alkanes) is 28. The van der Waals surface area contributed by atoms with Gasteiger partial charge in [0, 0.05) is 0 Å². The summed E-state index contributed by atoms with van der Waals surface area (Å²) in [7, 11) is 5.15. The number of quaternary nitrogens is 1. The predicted octanol–water partition coefficient (Wildman–Crippen LogP) is 20.0. The highest BCUT2D eigenvalue weighted by atomic mass is 15.3. The fourth-order valence-corrected chi connectivity index (χ4v) is 8.45. The molecule has 0 N–H and O–H groups in total. The van der Waals surface area contributed by atoms with Crippen LogP contribution >= 0.6 is 0 Å². The SMILES string of the molecule is CCCCC/C=C\C/C=C\CCCCCCCCC[N+](C)(C)C(CCCCCCCC/C=C\C/C=C\CCCCC)CCCCCCCC/C=C\C/C=C\CCCCC. The Morgan fingerprint density at radius 1 is 0.271 bits per heavy atom. The third-order valence-corrected chi connectivity index (χ3v) is 12.6. The average Bonchev–Trinajstić information content (AvgIpc) is 3.23. The third kappa shape index (κ3) is 45.8. The Hall–Kier alpha value is -1.60. The molecule has 0 radical (unpaired) electrons. The summed E-state index contributed by atoms with van der Waals surface area (Å²) in [4.78, 5) is 0. The minimum absolute atomic E-state index is 0.844. The van der Waals surface area contributed by atoms with Crippen molar-refractivity contribution in [3.05, 3.63) is 72.9 Å². The molecule has 0 aliphatic rings. The van der Waals surface area contributed by atoms with Gasteiger partial charge < -0.3 is 4.48 Å². The quantitative estimate of drug-likeness (QED) is 0.0326. The molecular weight excluding hydrogens is 711 g/mol. The normalized spacial score (nSPS) is 12.9. The monoisotopic (exact) mass is 819 g/mol. The molecule has 0 aliphatic carbocycles. The Morgan fingerprint density at radius 2 is 0.508 bits per heavy atom. The highest BCUT2D eigenvalue weighted by Crippen LogP contribution is 2.24. The molecule has 0 aromatic rings. The molecule has 0 saturated carbocycles. The lowest BCUT2D eigenvalue weighted by Gasteiger charge is -2.39. The molecule has 1 nitrogen and oxygen atoms in total. The summed E-state index contributed by atoms with van der Waals surface area (Å²) in [6, 6.07) is 0.844. The third-order valence-electron chi connectivity index (χ3n) is 12.6. The van der Waals surface area contributed by atoms with Crippen LogP contribution in [0, 0.1) is 0 Å². The maximum atomic E-state index is 2.58. The van der Waals surface area contributed by atoms with E-state index in [2.05, 4.69) is 108 Å². The van der Waals surface area contributed by atoms with Gasteiger partial charge in [0.2, 0.25) is 0 Å². The van der Waals surface area contributed by atoms with Crippen molar-refractivity contribution in [2.24, 2.45) is 0 Å². The number of nitrogens with zero attached hydrogens (tertiary/aromatic N) is 1. The summed E-state index contributed by atoms with van der Waals surface area (Å²) in [6.45, 7) is 8.21. The molecule has 0 atom stereocenters. The van der Waals surface area contributed by atoms with Gasteiger partial charge in [-0.25, -0.2) is 0 Å². The van der Waals surface area contributed by atoms with Gasteiger partial charge in [0.1, 0.15) is 0 Å². The maximum Gasteiger partial charge on any atom is 0.0886 e. The number of hydrogen-bond acceptors (Lipinski definition) is 0. The van der Waals surface area contributed by atoms with E-state index in [0.717, 1.165) is 25.3 Å². The van der Waals surface area contributed by atoms with Crippen molar-refractivity contribution in [2.75, 3.05) is 20.6 Å². The Bertz CT molecular complexity index is 927. The first-order valence-corrected chi connectivity index (χ1v) is 26.8. The molecule has 0 spiro atoms. The van der Waals surface area contributed by atoms with E-state index in [4.69, 9.17) is 0 Å². The van der Waals surface area contributed by atoms with Crippen LogP contribution in [0.5, 0.6) is 0 Å². The second-order valence-electron chi connectivity index (χ2n) is 18.8. The van der Waals surface area contributed by atoms with Crippen LogP contribution in [0.3, 0.4) is 0 Å². The first-order valence-electron chi connectivity index (χ1n) is 26.8. The largest absolute Gasteiger partial charge is 0.326 e. The maximum absolute atomic E-state index is 2.58. The zero-order valence-electron chi connectivity index (χ0n) is 41.2. The van der Waals surface area contributed by atoms with E-state index in [1.54, 1.807) is 0 Å². The van der Waals surface area contributed by atoms with Crippen LogP contribution in [0.15, 0.2) is 72.9 Å². The molecule has 0 bridgehead atoms. The van der Waals surface area contributed by atoms with E-state index in [0.29, 0.717) is 0 Å². The van der Waals surface area contributed by atoms with Crippen molar-refractivity contribution >= 4 is 0 Å². The fourth-order valence-electron chi connectivity index (χ4n) is 8.45. The van der Waals surface area contributed by atoms with E-state index in [-0.39, 0.29) is 0 Å². The molecule has 0 unspecified atom stereocenters. The Balaban J connectivity index is 4.37. The van der Waals surface area contributed by atoms with Gasteiger partial charge in [-0.3, -0.25) is 0 Å². The summed E-state index contributed by atoms with van der Waals surface area (Å²) >= 11 is 0. The molecular formula is C58H108N+. The van der Waals surface area contributed by atoms with E-state index in [1.165, 1.54) is 242 Å². The van der Waals surface area contributed by atoms with E-state index in [1.807, 2.05) is 0 Å². The summed E-state index contributed by atoms with van der Waals surface area (Å²) in [5.41, 5.74) is 0. The van der Waals surface area contributed by atoms with Crippen LogP contribution in [0.1, 0.15) is 271 Å². The molecule has 0 rings (SSSR count). The van der Waals surface area contributed by atoms with Crippen LogP contribution in [-0.4, -0.2) is 31.2 Å². The number of rotatable bonds is 47. The van der Waals surface area contributed by atoms with Crippen molar-refractivity contribution in [3.8, 4) is 0 Å². The molecule has 0 heterocycles. The van der Waals surface area contributed by atoms with Gasteiger partial charge in [-0.1, -0.05) is 209 Å².